The zero-order valence-corrected chi connectivity index (χ0v) is 11.2. The molecular formula is C14H19N3O2. The van der Waals surface area contributed by atoms with Crippen LogP contribution in [0.5, 0.6) is 0 Å². The monoisotopic (exact) mass is 261 g/mol. The Hall–Kier alpha value is -1.65. The van der Waals surface area contributed by atoms with Crippen molar-refractivity contribution >= 4 is 11.8 Å². The molecule has 2 aliphatic rings. The quantitative estimate of drug-likeness (QED) is 0.784. The normalized spacial score (nSPS) is 24.2. The van der Waals surface area contributed by atoms with Gasteiger partial charge in [0.25, 0.3) is 0 Å². The molecule has 5 nitrogen and oxygen atoms in total. The summed E-state index contributed by atoms with van der Waals surface area (Å²) >= 11 is 0. The molecule has 0 bridgehead atoms. The third-order valence-electron chi connectivity index (χ3n) is 4.19. The van der Waals surface area contributed by atoms with Gasteiger partial charge in [-0.1, -0.05) is 6.92 Å². The van der Waals surface area contributed by atoms with Gasteiger partial charge in [-0.2, -0.15) is 5.10 Å². The molecule has 1 fully saturated rings. The smallest absolute Gasteiger partial charge is 0.226 e. The maximum absolute atomic E-state index is 11.4. The molecule has 1 aliphatic carbocycles. The van der Waals surface area contributed by atoms with Crippen molar-refractivity contribution in [2.24, 2.45) is 11.8 Å². The zero-order valence-electron chi connectivity index (χ0n) is 11.2. The van der Waals surface area contributed by atoms with E-state index in [9.17, 15) is 9.59 Å². The first-order valence-electron chi connectivity index (χ1n) is 6.99. The maximum Gasteiger partial charge on any atom is 0.226 e. The van der Waals surface area contributed by atoms with Gasteiger partial charge in [0.05, 0.1) is 5.69 Å². The SMILES string of the molecule is C[C@@H]1CCc2[nH]nc(CC3CC(=O)NC(=O)C3)c2C1. The van der Waals surface area contributed by atoms with Gasteiger partial charge >= 0.3 is 0 Å². The number of carbonyl (C=O) groups excluding carboxylic acids is 2. The molecule has 1 atom stereocenters. The molecule has 1 aliphatic heterocycles. The van der Waals surface area contributed by atoms with Gasteiger partial charge in [-0.25, -0.2) is 0 Å². The minimum Gasteiger partial charge on any atom is -0.296 e. The molecule has 0 aromatic carbocycles. The van der Waals surface area contributed by atoms with E-state index < -0.39 is 0 Å². The number of rotatable bonds is 2. The molecule has 0 unspecified atom stereocenters. The van der Waals surface area contributed by atoms with E-state index >= 15 is 0 Å². The van der Waals surface area contributed by atoms with Crippen LogP contribution in [0.2, 0.25) is 0 Å². The summed E-state index contributed by atoms with van der Waals surface area (Å²) in [7, 11) is 0. The topological polar surface area (TPSA) is 74.8 Å². The number of aryl methyl sites for hydroxylation is 1. The fourth-order valence-electron chi connectivity index (χ4n) is 3.17. The van der Waals surface area contributed by atoms with Crippen LogP contribution in [0.1, 0.15) is 43.1 Å². The molecule has 2 amide bonds. The lowest BCUT2D eigenvalue weighted by Gasteiger charge is -2.22. The van der Waals surface area contributed by atoms with Crippen molar-refractivity contribution in [2.45, 2.75) is 45.4 Å². The van der Waals surface area contributed by atoms with Crippen LogP contribution in [0.15, 0.2) is 0 Å². The molecule has 2 N–H and O–H groups in total. The summed E-state index contributed by atoms with van der Waals surface area (Å²) in [6, 6.07) is 0. The van der Waals surface area contributed by atoms with Crippen molar-refractivity contribution in [3.8, 4) is 0 Å². The average molecular weight is 261 g/mol. The van der Waals surface area contributed by atoms with Crippen LogP contribution < -0.4 is 5.32 Å². The van der Waals surface area contributed by atoms with Crippen molar-refractivity contribution in [3.05, 3.63) is 17.0 Å². The number of hydrogen-bond acceptors (Lipinski definition) is 3. The summed E-state index contributed by atoms with van der Waals surface area (Å²) in [5.74, 6) is 0.490. The lowest BCUT2D eigenvalue weighted by Crippen LogP contribution is -2.39. The summed E-state index contributed by atoms with van der Waals surface area (Å²) in [6.45, 7) is 2.26. The molecule has 1 aromatic rings. The highest BCUT2D eigenvalue weighted by molar-refractivity contribution is 5.97. The summed E-state index contributed by atoms with van der Waals surface area (Å²) in [5.41, 5.74) is 3.64. The zero-order chi connectivity index (χ0) is 13.4. The third kappa shape index (κ3) is 2.55. The fourth-order valence-corrected chi connectivity index (χ4v) is 3.17. The Morgan fingerprint density at radius 3 is 2.68 bits per heavy atom. The minimum absolute atomic E-state index is 0.103. The standard InChI is InChI=1S/C14H19N3O2/c1-8-2-3-11-10(4-8)12(17-16-11)5-9-6-13(18)15-14(19)7-9/h8-9H,2-7H2,1H3,(H,16,17)(H,15,18,19)/t8-/m1/s1. The second-order valence-corrected chi connectivity index (χ2v) is 5.93. The van der Waals surface area contributed by atoms with Crippen molar-refractivity contribution in [1.29, 1.82) is 0 Å². The number of carbonyl (C=O) groups is 2. The third-order valence-corrected chi connectivity index (χ3v) is 4.19. The number of aromatic nitrogens is 2. The van der Waals surface area contributed by atoms with Gasteiger partial charge in [-0.05, 0) is 43.1 Å². The number of nitrogens with one attached hydrogen (secondary N) is 2. The second-order valence-electron chi connectivity index (χ2n) is 5.93. The Morgan fingerprint density at radius 1 is 1.21 bits per heavy atom. The Morgan fingerprint density at radius 2 is 1.95 bits per heavy atom. The van der Waals surface area contributed by atoms with Gasteiger partial charge in [0.1, 0.15) is 0 Å². The highest BCUT2D eigenvalue weighted by Gasteiger charge is 2.28. The van der Waals surface area contributed by atoms with Crippen LogP contribution >= 0.6 is 0 Å². The van der Waals surface area contributed by atoms with Gasteiger partial charge in [-0.3, -0.25) is 20.0 Å². The molecule has 102 valence electrons. The first-order chi connectivity index (χ1) is 9.11. The molecule has 1 aromatic heterocycles. The number of piperidine rings is 1. The molecule has 3 rings (SSSR count). The van der Waals surface area contributed by atoms with Crippen LogP contribution in [0, 0.1) is 11.8 Å². The molecule has 0 spiro atoms. The first kappa shape index (κ1) is 12.4. The van der Waals surface area contributed by atoms with Gasteiger partial charge in [0, 0.05) is 18.5 Å². The molecular weight excluding hydrogens is 242 g/mol. The maximum atomic E-state index is 11.4. The highest BCUT2D eigenvalue weighted by Crippen LogP contribution is 2.29. The van der Waals surface area contributed by atoms with Gasteiger partial charge in [0.2, 0.25) is 11.8 Å². The number of amides is 2. The number of nitrogens with zero attached hydrogens (tertiary/aromatic N) is 1. The number of aromatic amines is 1. The van der Waals surface area contributed by atoms with Crippen LogP contribution in [0.3, 0.4) is 0 Å². The van der Waals surface area contributed by atoms with Crippen LogP contribution in [-0.2, 0) is 28.9 Å². The number of imide groups is 1. The minimum atomic E-state index is -0.154. The lowest BCUT2D eigenvalue weighted by molar-refractivity contribution is -0.134. The van der Waals surface area contributed by atoms with Crippen molar-refractivity contribution in [2.75, 3.05) is 0 Å². The Bertz CT molecular complexity index is 505. The lowest BCUT2D eigenvalue weighted by atomic mass is 9.84. The van der Waals surface area contributed by atoms with Crippen LogP contribution in [-0.4, -0.2) is 22.0 Å². The van der Waals surface area contributed by atoms with Gasteiger partial charge in [-0.15, -0.1) is 0 Å². The van der Waals surface area contributed by atoms with E-state index in [1.54, 1.807) is 0 Å². The summed E-state index contributed by atoms with van der Waals surface area (Å²) in [6.07, 6.45) is 4.93. The van der Waals surface area contributed by atoms with Crippen molar-refractivity contribution in [3.63, 3.8) is 0 Å². The average Bonchev–Trinajstić information content (AvgIpc) is 2.70. The molecule has 2 heterocycles. The largest absolute Gasteiger partial charge is 0.296 e. The van der Waals surface area contributed by atoms with Crippen molar-refractivity contribution < 1.29 is 9.59 Å². The first-order valence-corrected chi connectivity index (χ1v) is 6.99. The summed E-state index contributed by atoms with van der Waals surface area (Å²) in [5, 5.41) is 9.88. The van der Waals surface area contributed by atoms with Gasteiger partial charge in [0.15, 0.2) is 0 Å². The molecule has 1 saturated heterocycles. The van der Waals surface area contributed by atoms with Gasteiger partial charge < -0.3 is 0 Å². The van der Waals surface area contributed by atoms with E-state index in [2.05, 4.69) is 22.4 Å². The molecule has 19 heavy (non-hydrogen) atoms. The predicted octanol–water partition coefficient (Wildman–Crippen LogP) is 1.13. The Labute approximate surface area is 112 Å². The summed E-state index contributed by atoms with van der Waals surface area (Å²) in [4.78, 5) is 22.8. The summed E-state index contributed by atoms with van der Waals surface area (Å²) < 4.78 is 0. The van der Waals surface area contributed by atoms with Crippen LogP contribution in [0.25, 0.3) is 0 Å². The van der Waals surface area contributed by atoms with Crippen molar-refractivity contribution in [1.82, 2.24) is 15.5 Å². The molecule has 0 saturated carbocycles. The van der Waals surface area contributed by atoms with E-state index in [0.29, 0.717) is 18.8 Å². The number of fused-ring (bicyclic) bond motifs is 1. The fraction of sp³-hybridized carbons (Fsp3) is 0.643. The molecule has 5 heteroatoms. The Kier molecular flexibility index (Phi) is 3.12. The number of H-pyrrole nitrogens is 1. The predicted molar refractivity (Wildman–Crippen MR) is 69.4 cm³/mol. The van der Waals surface area contributed by atoms with E-state index in [0.717, 1.165) is 25.0 Å². The van der Waals surface area contributed by atoms with E-state index in [-0.39, 0.29) is 17.7 Å². The number of hydrogen-bond donors (Lipinski definition) is 2. The second kappa shape index (κ2) is 4.79. The van der Waals surface area contributed by atoms with Crippen LogP contribution in [0.4, 0.5) is 0 Å². The van der Waals surface area contributed by atoms with E-state index in [1.165, 1.54) is 17.7 Å². The van der Waals surface area contributed by atoms with E-state index in [1.807, 2.05) is 0 Å². The molecule has 0 radical (unpaired) electrons. The van der Waals surface area contributed by atoms with E-state index in [4.69, 9.17) is 0 Å². The highest BCUT2D eigenvalue weighted by atomic mass is 16.2. The Balaban J connectivity index is 1.75.